The Morgan fingerprint density at radius 3 is 2.46 bits per heavy atom. The van der Waals surface area contributed by atoms with Crippen molar-refractivity contribution in [2.24, 2.45) is 5.92 Å². The van der Waals surface area contributed by atoms with Crippen LogP contribution in [0, 0.1) is 5.92 Å². The molecule has 1 aliphatic rings. The monoisotopic (exact) mass is 529 g/mol. The van der Waals surface area contributed by atoms with E-state index < -0.39 is 43.3 Å². The maximum Gasteiger partial charge on any atom is 0.522 e. The number of pyridine rings is 1. The summed E-state index contributed by atoms with van der Waals surface area (Å²) in [7, 11) is 1.36. The Bertz CT molecular complexity index is 1050. The van der Waals surface area contributed by atoms with E-state index in [-0.39, 0.29) is 47.3 Å². The number of piperidine rings is 1. The molecule has 3 rings (SSSR count). The van der Waals surface area contributed by atoms with Crippen molar-refractivity contribution in [1.82, 2.24) is 15.2 Å². The van der Waals surface area contributed by atoms with Crippen LogP contribution in [-0.4, -0.2) is 68.2 Å². The van der Waals surface area contributed by atoms with E-state index in [4.69, 9.17) is 9.47 Å². The predicted molar refractivity (Wildman–Crippen MR) is 111 cm³/mol. The smallest absolute Gasteiger partial charge is 0.477 e. The van der Waals surface area contributed by atoms with Gasteiger partial charge in [0.05, 0.1) is 34.6 Å². The quantitative estimate of drug-likeness (QED) is 0.422. The number of rotatable bonds is 7. The third kappa shape index (κ3) is 7.10. The summed E-state index contributed by atoms with van der Waals surface area (Å²) in [5.74, 6) is -0.960. The van der Waals surface area contributed by atoms with Crippen LogP contribution in [0.1, 0.15) is 28.8 Å². The van der Waals surface area contributed by atoms with Crippen molar-refractivity contribution in [2.75, 3.05) is 40.0 Å². The molecule has 15 heteroatoms. The SMILES string of the molecule is CNC(=O)c1csc2c(C(F)(F)F)cc(OCC3CCN(C(=O)OCCOC(F)(F)F)CC3)nc12. The van der Waals surface area contributed by atoms with Crippen LogP contribution in [0.5, 0.6) is 5.88 Å². The summed E-state index contributed by atoms with van der Waals surface area (Å²) in [5.41, 5.74) is -1.05. The molecule has 0 radical (unpaired) electrons. The number of thiophene rings is 1. The zero-order valence-electron chi connectivity index (χ0n) is 18.3. The first-order valence-electron chi connectivity index (χ1n) is 10.4. The fraction of sp³-hybridized carbons (Fsp3) is 0.550. The highest BCUT2D eigenvalue weighted by molar-refractivity contribution is 7.17. The number of hydrogen-bond acceptors (Lipinski definition) is 7. The van der Waals surface area contributed by atoms with E-state index in [0.717, 1.165) is 17.4 Å². The van der Waals surface area contributed by atoms with E-state index >= 15 is 0 Å². The van der Waals surface area contributed by atoms with Crippen molar-refractivity contribution in [1.29, 1.82) is 0 Å². The largest absolute Gasteiger partial charge is 0.522 e. The molecule has 1 saturated heterocycles. The lowest BCUT2D eigenvalue weighted by molar-refractivity contribution is -0.326. The van der Waals surface area contributed by atoms with E-state index in [2.05, 4.69) is 15.0 Å². The fourth-order valence-corrected chi connectivity index (χ4v) is 4.45. The topological polar surface area (TPSA) is 90.0 Å². The number of nitrogens with zero attached hydrogens (tertiary/aromatic N) is 2. The maximum absolute atomic E-state index is 13.6. The molecule has 0 saturated carbocycles. The molecule has 2 amide bonds. The number of hydrogen-bond donors (Lipinski definition) is 1. The number of alkyl halides is 6. The van der Waals surface area contributed by atoms with Crippen LogP contribution in [0.2, 0.25) is 0 Å². The van der Waals surface area contributed by atoms with E-state index in [1.165, 1.54) is 17.3 Å². The Kier molecular flexibility index (Phi) is 8.30. The third-order valence-electron chi connectivity index (χ3n) is 5.19. The number of carbonyl (C=O) groups excluding carboxylic acids is 2. The molecule has 1 N–H and O–H groups in total. The summed E-state index contributed by atoms with van der Waals surface area (Å²) in [5, 5.41) is 3.67. The van der Waals surface area contributed by atoms with Gasteiger partial charge in [-0.05, 0) is 18.8 Å². The second-order valence-electron chi connectivity index (χ2n) is 7.56. The average Bonchev–Trinajstić information content (AvgIpc) is 3.22. The lowest BCUT2D eigenvalue weighted by Gasteiger charge is -2.31. The minimum atomic E-state index is -4.81. The Balaban J connectivity index is 1.57. The van der Waals surface area contributed by atoms with E-state index in [9.17, 15) is 35.9 Å². The molecule has 1 aliphatic heterocycles. The molecule has 8 nitrogen and oxygen atoms in total. The van der Waals surface area contributed by atoms with E-state index in [1.807, 2.05) is 0 Å². The van der Waals surface area contributed by atoms with Crippen LogP contribution >= 0.6 is 11.3 Å². The Hall–Kier alpha value is -2.81. The van der Waals surface area contributed by atoms with Crippen molar-refractivity contribution in [2.45, 2.75) is 25.4 Å². The molecular weight excluding hydrogens is 508 g/mol. The maximum atomic E-state index is 13.6. The van der Waals surface area contributed by atoms with Gasteiger partial charge in [0.1, 0.15) is 6.61 Å². The van der Waals surface area contributed by atoms with Crippen LogP contribution in [-0.2, 0) is 15.7 Å². The standard InChI is InChI=1S/C20H21F6N3O5S/c1-27-17(30)12-10-35-16-13(19(21,22)23)8-14(28-15(12)16)33-9-11-2-4-29(5-3-11)18(31)32-6-7-34-20(24,25)26/h8,10-11H,2-7,9H2,1H3,(H,27,30). The van der Waals surface area contributed by atoms with Gasteiger partial charge in [-0.3, -0.25) is 9.53 Å². The molecular formula is C20H21F6N3O5S. The number of fused-ring (bicyclic) bond motifs is 1. The third-order valence-corrected chi connectivity index (χ3v) is 6.19. The van der Waals surface area contributed by atoms with E-state index in [1.54, 1.807) is 0 Å². The van der Waals surface area contributed by atoms with Crippen LogP contribution in [0.3, 0.4) is 0 Å². The zero-order valence-corrected chi connectivity index (χ0v) is 19.1. The highest BCUT2D eigenvalue weighted by Gasteiger charge is 2.36. The highest BCUT2D eigenvalue weighted by atomic mass is 32.1. The van der Waals surface area contributed by atoms with Crippen molar-refractivity contribution >= 4 is 33.6 Å². The summed E-state index contributed by atoms with van der Waals surface area (Å²) in [4.78, 5) is 29.4. The van der Waals surface area contributed by atoms with Crippen LogP contribution in [0.15, 0.2) is 11.4 Å². The molecule has 3 heterocycles. The fourth-order valence-electron chi connectivity index (χ4n) is 3.43. The van der Waals surface area contributed by atoms with Crippen molar-refractivity contribution in [3.05, 3.63) is 22.6 Å². The predicted octanol–water partition coefficient (Wildman–Crippen LogP) is 4.44. The summed E-state index contributed by atoms with van der Waals surface area (Å²) in [6.07, 6.45) is -9.40. The molecule has 1 fully saturated rings. The number of aromatic nitrogens is 1. The zero-order chi connectivity index (χ0) is 25.8. The number of amides is 2. The van der Waals surface area contributed by atoms with Gasteiger partial charge >= 0.3 is 18.6 Å². The summed E-state index contributed by atoms with van der Waals surface area (Å²) in [6.45, 7) is -0.880. The Labute approximate surface area is 199 Å². The van der Waals surface area contributed by atoms with Gasteiger partial charge in [-0.1, -0.05) is 0 Å². The number of nitrogens with one attached hydrogen (secondary N) is 1. The second kappa shape index (κ2) is 10.8. The van der Waals surface area contributed by atoms with Gasteiger partial charge < -0.3 is 19.7 Å². The molecule has 0 atom stereocenters. The van der Waals surface area contributed by atoms with Gasteiger partial charge in [-0.15, -0.1) is 24.5 Å². The summed E-state index contributed by atoms with van der Waals surface area (Å²) >= 11 is 0.765. The molecule has 35 heavy (non-hydrogen) atoms. The minimum Gasteiger partial charge on any atom is -0.477 e. The molecule has 2 aromatic rings. The van der Waals surface area contributed by atoms with Gasteiger partial charge in [0.15, 0.2) is 0 Å². The lowest BCUT2D eigenvalue weighted by atomic mass is 9.98. The van der Waals surface area contributed by atoms with Gasteiger partial charge in [0, 0.05) is 31.6 Å². The average molecular weight is 529 g/mol. The number of halogens is 6. The molecule has 0 aliphatic carbocycles. The van der Waals surface area contributed by atoms with Gasteiger partial charge in [-0.2, -0.15) is 13.2 Å². The van der Waals surface area contributed by atoms with Crippen LogP contribution in [0.4, 0.5) is 31.1 Å². The van der Waals surface area contributed by atoms with Crippen LogP contribution < -0.4 is 10.1 Å². The Morgan fingerprint density at radius 1 is 1.17 bits per heavy atom. The first-order valence-corrected chi connectivity index (χ1v) is 11.2. The molecule has 194 valence electrons. The molecule has 0 aromatic carbocycles. The van der Waals surface area contributed by atoms with Gasteiger partial charge in [0.2, 0.25) is 5.88 Å². The molecule has 0 unspecified atom stereocenters. The van der Waals surface area contributed by atoms with Crippen molar-refractivity contribution < 1.29 is 50.1 Å². The number of ether oxygens (including phenoxy) is 3. The first kappa shape index (κ1) is 26.8. The van der Waals surface area contributed by atoms with Crippen molar-refractivity contribution in [3.63, 3.8) is 0 Å². The lowest BCUT2D eigenvalue weighted by Crippen LogP contribution is -2.40. The Morgan fingerprint density at radius 2 is 1.86 bits per heavy atom. The normalized spacial score (nSPS) is 15.3. The number of likely N-dealkylation sites (tertiary alicyclic amines) is 1. The van der Waals surface area contributed by atoms with Gasteiger partial charge in [-0.25, -0.2) is 9.78 Å². The number of carbonyl (C=O) groups is 2. The van der Waals surface area contributed by atoms with Crippen molar-refractivity contribution in [3.8, 4) is 5.88 Å². The first-order chi connectivity index (χ1) is 16.4. The summed E-state index contributed by atoms with van der Waals surface area (Å²) < 4.78 is 90.2. The highest BCUT2D eigenvalue weighted by Crippen LogP contribution is 2.40. The minimum absolute atomic E-state index is 0.0101. The molecule has 0 spiro atoms. The van der Waals surface area contributed by atoms with Gasteiger partial charge in [0.25, 0.3) is 5.91 Å². The second-order valence-corrected chi connectivity index (χ2v) is 8.44. The van der Waals surface area contributed by atoms with Crippen LogP contribution in [0.25, 0.3) is 10.2 Å². The van der Waals surface area contributed by atoms with E-state index in [0.29, 0.717) is 12.8 Å². The molecule has 2 aromatic heterocycles. The molecule has 0 bridgehead atoms. The summed E-state index contributed by atoms with van der Waals surface area (Å²) in [6, 6.07) is 0.794.